The molecule has 0 radical (unpaired) electrons. The van der Waals surface area contributed by atoms with Crippen molar-refractivity contribution < 1.29 is 0 Å². The molecule has 14 heavy (non-hydrogen) atoms. The highest BCUT2D eigenvalue weighted by molar-refractivity contribution is 9.10. The summed E-state index contributed by atoms with van der Waals surface area (Å²) in [6, 6.07) is 2.19. The third-order valence-corrected chi connectivity index (χ3v) is 4.01. The molecule has 0 saturated carbocycles. The Bertz CT molecular complexity index is 264. The Hall–Kier alpha value is 0.430. The van der Waals surface area contributed by atoms with E-state index in [4.69, 9.17) is 11.6 Å². The molecule has 80 valence electrons. The van der Waals surface area contributed by atoms with Crippen molar-refractivity contribution in [2.45, 2.75) is 19.9 Å². The molecule has 0 N–H and O–H groups in total. The molecule has 1 aromatic heterocycles. The maximum absolute atomic E-state index is 5.68. The number of thiophene rings is 1. The molecule has 0 unspecified atom stereocenters. The lowest BCUT2D eigenvalue weighted by Crippen LogP contribution is -2.23. The van der Waals surface area contributed by atoms with Crippen LogP contribution in [0.5, 0.6) is 0 Å². The van der Waals surface area contributed by atoms with Crippen LogP contribution in [0.3, 0.4) is 0 Å². The molecule has 0 aromatic carbocycles. The van der Waals surface area contributed by atoms with Crippen LogP contribution in [0.1, 0.15) is 18.2 Å². The van der Waals surface area contributed by atoms with Crippen molar-refractivity contribution in [3.05, 3.63) is 20.8 Å². The summed E-state index contributed by atoms with van der Waals surface area (Å²) in [4.78, 5) is 3.83. The van der Waals surface area contributed by atoms with E-state index in [1.54, 1.807) is 11.3 Å². The Morgan fingerprint density at radius 2 is 2.36 bits per heavy atom. The monoisotopic (exact) mass is 295 g/mol. The second kappa shape index (κ2) is 6.83. The molecule has 1 rings (SSSR count). The predicted octanol–water partition coefficient (Wildman–Crippen LogP) is 3.96. The average molecular weight is 297 g/mol. The fraction of sp³-hybridized carbons (Fsp3) is 0.600. The van der Waals surface area contributed by atoms with E-state index in [2.05, 4.69) is 39.2 Å². The van der Waals surface area contributed by atoms with Gasteiger partial charge in [-0.15, -0.1) is 22.9 Å². The first-order chi connectivity index (χ1) is 6.76. The van der Waals surface area contributed by atoms with E-state index in [-0.39, 0.29) is 0 Å². The van der Waals surface area contributed by atoms with Gasteiger partial charge in [-0.05, 0) is 41.5 Å². The number of hydrogen-bond donors (Lipinski definition) is 0. The van der Waals surface area contributed by atoms with Gasteiger partial charge in [0, 0.05) is 27.2 Å². The Labute approximate surface area is 103 Å². The van der Waals surface area contributed by atoms with Crippen LogP contribution in [0.4, 0.5) is 0 Å². The minimum absolute atomic E-state index is 0.755. The minimum atomic E-state index is 0.755. The lowest BCUT2D eigenvalue weighted by atomic mass is 10.3. The fourth-order valence-electron chi connectivity index (χ4n) is 1.29. The van der Waals surface area contributed by atoms with Crippen molar-refractivity contribution in [3.63, 3.8) is 0 Å². The highest BCUT2D eigenvalue weighted by atomic mass is 79.9. The average Bonchev–Trinajstić information content (AvgIpc) is 2.58. The van der Waals surface area contributed by atoms with Gasteiger partial charge in [-0.2, -0.15) is 0 Å². The molecule has 0 aliphatic rings. The number of rotatable bonds is 6. The van der Waals surface area contributed by atoms with Gasteiger partial charge in [0.1, 0.15) is 0 Å². The van der Waals surface area contributed by atoms with Crippen molar-refractivity contribution in [3.8, 4) is 0 Å². The Morgan fingerprint density at radius 1 is 1.57 bits per heavy atom. The van der Waals surface area contributed by atoms with E-state index >= 15 is 0 Å². The molecule has 0 atom stereocenters. The first-order valence-corrected chi connectivity index (χ1v) is 6.98. The summed E-state index contributed by atoms with van der Waals surface area (Å²) in [7, 11) is 0. The van der Waals surface area contributed by atoms with Crippen LogP contribution >= 0.6 is 38.9 Å². The SMILES string of the molecule is CCN(CCCCl)Cc1cc(Br)cs1. The number of halogens is 2. The highest BCUT2D eigenvalue weighted by Crippen LogP contribution is 2.21. The third-order valence-electron chi connectivity index (χ3n) is 2.06. The van der Waals surface area contributed by atoms with Crippen LogP contribution in [0.15, 0.2) is 15.9 Å². The lowest BCUT2D eigenvalue weighted by Gasteiger charge is -2.18. The minimum Gasteiger partial charge on any atom is -0.298 e. The molecule has 0 fully saturated rings. The molecule has 0 aliphatic carbocycles. The van der Waals surface area contributed by atoms with Gasteiger partial charge in [-0.25, -0.2) is 0 Å². The first-order valence-electron chi connectivity index (χ1n) is 4.77. The van der Waals surface area contributed by atoms with Crippen molar-refractivity contribution in [2.75, 3.05) is 19.0 Å². The summed E-state index contributed by atoms with van der Waals surface area (Å²) >= 11 is 11.0. The van der Waals surface area contributed by atoms with Crippen LogP contribution in [-0.4, -0.2) is 23.9 Å². The standard InChI is InChI=1S/C10H15BrClNS/c1-2-13(5-3-4-12)7-10-6-9(11)8-14-10/h6,8H,2-5,7H2,1H3. The molecule has 0 saturated heterocycles. The van der Waals surface area contributed by atoms with Crippen LogP contribution in [0, 0.1) is 0 Å². The van der Waals surface area contributed by atoms with E-state index in [0.29, 0.717) is 0 Å². The van der Waals surface area contributed by atoms with Gasteiger partial charge < -0.3 is 0 Å². The Balaban J connectivity index is 2.40. The maximum atomic E-state index is 5.68. The Morgan fingerprint density at radius 3 is 2.86 bits per heavy atom. The summed E-state index contributed by atoms with van der Waals surface area (Å²) in [6.45, 7) is 5.42. The van der Waals surface area contributed by atoms with Gasteiger partial charge >= 0.3 is 0 Å². The van der Waals surface area contributed by atoms with Crippen molar-refractivity contribution in [1.82, 2.24) is 4.90 Å². The van der Waals surface area contributed by atoms with E-state index in [1.165, 1.54) is 9.35 Å². The molecule has 1 heterocycles. The maximum Gasteiger partial charge on any atom is 0.0328 e. The molecule has 0 aliphatic heterocycles. The molecule has 1 aromatic rings. The van der Waals surface area contributed by atoms with Crippen molar-refractivity contribution in [2.24, 2.45) is 0 Å². The summed E-state index contributed by atoms with van der Waals surface area (Å²) in [5.41, 5.74) is 0. The van der Waals surface area contributed by atoms with Crippen molar-refractivity contribution in [1.29, 1.82) is 0 Å². The van der Waals surface area contributed by atoms with Gasteiger partial charge in [0.25, 0.3) is 0 Å². The topological polar surface area (TPSA) is 3.24 Å². The third kappa shape index (κ3) is 4.30. The largest absolute Gasteiger partial charge is 0.298 e. The van der Waals surface area contributed by atoms with Crippen LogP contribution in [-0.2, 0) is 6.54 Å². The van der Waals surface area contributed by atoms with E-state index in [0.717, 1.165) is 31.9 Å². The summed E-state index contributed by atoms with van der Waals surface area (Å²) < 4.78 is 1.19. The van der Waals surface area contributed by atoms with Crippen molar-refractivity contribution >= 4 is 38.9 Å². The van der Waals surface area contributed by atoms with Gasteiger partial charge in [0.05, 0.1) is 0 Å². The second-order valence-electron chi connectivity index (χ2n) is 3.14. The summed E-state index contributed by atoms with van der Waals surface area (Å²) in [6.07, 6.45) is 1.07. The summed E-state index contributed by atoms with van der Waals surface area (Å²) in [5.74, 6) is 0.755. The molecule has 0 bridgehead atoms. The lowest BCUT2D eigenvalue weighted by molar-refractivity contribution is 0.283. The smallest absolute Gasteiger partial charge is 0.0328 e. The van der Waals surface area contributed by atoms with Crippen LogP contribution < -0.4 is 0 Å². The van der Waals surface area contributed by atoms with Gasteiger partial charge in [0.2, 0.25) is 0 Å². The quantitative estimate of drug-likeness (QED) is 0.718. The fourth-order valence-corrected chi connectivity index (χ4v) is 2.90. The Kier molecular flexibility index (Phi) is 6.10. The molecular formula is C10H15BrClNS. The normalized spacial score (nSPS) is 11.1. The number of hydrogen-bond acceptors (Lipinski definition) is 2. The zero-order valence-electron chi connectivity index (χ0n) is 8.30. The van der Waals surface area contributed by atoms with Crippen LogP contribution in [0.2, 0.25) is 0 Å². The highest BCUT2D eigenvalue weighted by Gasteiger charge is 2.04. The number of nitrogens with zero attached hydrogens (tertiary/aromatic N) is 1. The molecule has 0 spiro atoms. The zero-order chi connectivity index (χ0) is 10.4. The number of alkyl halides is 1. The van der Waals surface area contributed by atoms with E-state index in [9.17, 15) is 0 Å². The molecular weight excluding hydrogens is 282 g/mol. The van der Waals surface area contributed by atoms with Gasteiger partial charge in [-0.1, -0.05) is 6.92 Å². The van der Waals surface area contributed by atoms with Gasteiger partial charge in [0.15, 0.2) is 0 Å². The second-order valence-corrected chi connectivity index (χ2v) is 5.43. The first kappa shape index (κ1) is 12.5. The molecule has 1 nitrogen and oxygen atoms in total. The zero-order valence-corrected chi connectivity index (χ0v) is 11.5. The van der Waals surface area contributed by atoms with Gasteiger partial charge in [-0.3, -0.25) is 4.90 Å². The molecule has 0 amide bonds. The van der Waals surface area contributed by atoms with E-state index < -0.39 is 0 Å². The van der Waals surface area contributed by atoms with E-state index in [1.807, 2.05) is 0 Å². The van der Waals surface area contributed by atoms with Crippen LogP contribution in [0.25, 0.3) is 0 Å². The predicted molar refractivity (Wildman–Crippen MR) is 68.3 cm³/mol. The summed E-state index contributed by atoms with van der Waals surface area (Å²) in [5, 5.41) is 2.13. The molecule has 4 heteroatoms.